The normalized spacial score (nSPS) is 10.8. The molecule has 2 aromatic rings. The molecule has 90 valence electrons. The highest BCUT2D eigenvalue weighted by molar-refractivity contribution is 5.93. The van der Waals surface area contributed by atoms with Gasteiger partial charge in [0.15, 0.2) is 5.82 Å². The molecular weight excluding hydrogens is 212 g/mol. The zero-order valence-electron chi connectivity index (χ0n) is 10.3. The SMILES string of the molecule is Cc1nnc(N(C)CCCN)c2ccccc12. The van der Waals surface area contributed by atoms with Gasteiger partial charge in [0.05, 0.1) is 5.69 Å². The largest absolute Gasteiger partial charge is 0.358 e. The minimum Gasteiger partial charge on any atom is -0.358 e. The first-order chi connectivity index (χ1) is 8.24. The summed E-state index contributed by atoms with van der Waals surface area (Å²) >= 11 is 0. The Morgan fingerprint density at radius 3 is 2.59 bits per heavy atom. The number of anilines is 1. The Kier molecular flexibility index (Phi) is 3.54. The zero-order chi connectivity index (χ0) is 12.3. The lowest BCUT2D eigenvalue weighted by Crippen LogP contribution is -2.22. The summed E-state index contributed by atoms with van der Waals surface area (Å²) in [7, 11) is 2.03. The quantitative estimate of drug-likeness (QED) is 0.869. The first kappa shape index (κ1) is 11.8. The van der Waals surface area contributed by atoms with Crippen LogP contribution in [-0.4, -0.2) is 30.3 Å². The zero-order valence-corrected chi connectivity index (χ0v) is 10.3. The van der Waals surface area contributed by atoms with Crippen molar-refractivity contribution in [1.29, 1.82) is 0 Å². The van der Waals surface area contributed by atoms with Crippen LogP contribution in [0.1, 0.15) is 12.1 Å². The van der Waals surface area contributed by atoms with Gasteiger partial charge in [0, 0.05) is 24.4 Å². The van der Waals surface area contributed by atoms with E-state index in [0.717, 1.165) is 35.2 Å². The van der Waals surface area contributed by atoms with E-state index in [-0.39, 0.29) is 0 Å². The fourth-order valence-electron chi connectivity index (χ4n) is 1.94. The van der Waals surface area contributed by atoms with Gasteiger partial charge in [0.1, 0.15) is 0 Å². The Morgan fingerprint density at radius 1 is 1.18 bits per heavy atom. The summed E-state index contributed by atoms with van der Waals surface area (Å²) in [5.74, 6) is 0.930. The average molecular weight is 230 g/mol. The van der Waals surface area contributed by atoms with Crippen LogP contribution in [-0.2, 0) is 0 Å². The van der Waals surface area contributed by atoms with Crippen molar-refractivity contribution in [3.63, 3.8) is 0 Å². The third-order valence-corrected chi connectivity index (χ3v) is 2.91. The smallest absolute Gasteiger partial charge is 0.158 e. The highest BCUT2D eigenvalue weighted by atomic mass is 15.2. The molecule has 1 aromatic heterocycles. The van der Waals surface area contributed by atoms with Gasteiger partial charge in [-0.3, -0.25) is 0 Å². The standard InChI is InChI=1S/C13H18N4/c1-10-11-6-3-4-7-12(11)13(16-15-10)17(2)9-5-8-14/h3-4,6-7H,5,8-9,14H2,1-2H3. The van der Waals surface area contributed by atoms with Crippen molar-refractivity contribution in [2.75, 3.05) is 25.0 Å². The van der Waals surface area contributed by atoms with Crippen molar-refractivity contribution in [1.82, 2.24) is 10.2 Å². The number of aryl methyl sites for hydroxylation is 1. The molecule has 0 amide bonds. The van der Waals surface area contributed by atoms with E-state index in [1.807, 2.05) is 26.1 Å². The van der Waals surface area contributed by atoms with Gasteiger partial charge in [-0.1, -0.05) is 24.3 Å². The van der Waals surface area contributed by atoms with Crippen LogP contribution in [0.3, 0.4) is 0 Å². The number of benzene rings is 1. The first-order valence-corrected chi connectivity index (χ1v) is 5.87. The molecule has 1 aromatic carbocycles. The maximum absolute atomic E-state index is 5.53. The molecule has 0 atom stereocenters. The highest BCUT2D eigenvalue weighted by Gasteiger charge is 2.09. The van der Waals surface area contributed by atoms with Gasteiger partial charge in [0.25, 0.3) is 0 Å². The summed E-state index contributed by atoms with van der Waals surface area (Å²) in [5, 5.41) is 10.8. The molecule has 0 unspecified atom stereocenters. The fraction of sp³-hybridized carbons (Fsp3) is 0.385. The van der Waals surface area contributed by atoms with Crippen LogP contribution < -0.4 is 10.6 Å². The number of nitrogens with zero attached hydrogens (tertiary/aromatic N) is 3. The van der Waals surface area contributed by atoms with E-state index in [9.17, 15) is 0 Å². The van der Waals surface area contributed by atoms with Crippen LogP contribution in [0.4, 0.5) is 5.82 Å². The van der Waals surface area contributed by atoms with Crippen molar-refractivity contribution in [2.24, 2.45) is 5.73 Å². The summed E-state index contributed by atoms with van der Waals surface area (Å²) in [6.07, 6.45) is 0.959. The van der Waals surface area contributed by atoms with E-state index in [1.54, 1.807) is 0 Å². The molecule has 0 aliphatic carbocycles. The number of hydrogen-bond donors (Lipinski definition) is 1. The second-order valence-corrected chi connectivity index (χ2v) is 4.22. The molecular formula is C13H18N4. The monoisotopic (exact) mass is 230 g/mol. The lowest BCUT2D eigenvalue weighted by atomic mass is 10.1. The predicted molar refractivity (Wildman–Crippen MR) is 71.2 cm³/mol. The topological polar surface area (TPSA) is 55.0 Å². The van der Waals surface area contributed by atoms with Gasteiger partial charge >= 0.3 is 0 Å². The van der Waals surface area contributed by atoms with Gasteiger partial charge in [-0.15, -0.1) is 5.10 Å². The highest BCUT2D eigenvalue weighted by Crippen LogP contribution is 2.24. The molecule has 4 nitrogen and oxygen atoms in total. The molecule has 0 spiro atoms. The van der Waals surface area contributed by atoms with E-state index < -0.39 is 0 Å². The van der Waals surface area contributed by atoms with Crippen molar-refractivity contribution >= 4 is 16.6 Å². The molecule has 17 heavy (non-hydrogen) atoms. The fourth-order valence-corrected chi connectivity index (χ4v) is 1.94. The van der Waals surface area contributed by atoms with Crippen LogP contribution in [0, 0.1) is 6.92 Å². The Hall–Kier alpha value is -1.68. The molecule has 0 aliphatic rings. The summed E-state index contributed by atoms with van der Waals surface area (Å²) < 4.78 is 0. The summed E-state index contributed by atoms with van der Waals surface area (Å²) in [4.78, 5) is 2.11. The number of rotatable bonds is 4. The summed E-state index contributed by atoms with van der Waals surface area (Å²) in [6.45, 7) is 3.58. The minimum absolute atomic E-state index is 0.696. The number of aromatic nitrogens is 2. The average Bonchev–Trinajstić information content (AvgIpc) is 2.37. The van der Waals surface area contributed by atoms with Crippen molar-refractivity contribution < 1.29 is 0 Å². The van der Waals surface area contributed by atoms with Crippen LogP contribution in [0.2, 0.25) is 0 Å². The van der Waals surface area contributed by atoms with Crippen LogP contribution >= 0.6 is 0 Å². The predicted octanol–water partition coefficient (Wildman–Crippen LogP) is 1.72. The maximum atomic E-state index is 5.53. The van der Waals surface area contributed by atoms with E-state index >= 15 is 0 Å². The first-order valence-electron chi connectivity index (χ1n) is 5.87. The summed E-state index contributed by atoms with van der Waals surface area (Å²) in [6, 6.07) is 8.23. The Bertz CT molecular complexity index is 510. The van der Waals surface area contributed by atoms with Crippen molar-refractivity contribution in [3.05, 3.63) is 30.0 Å². The Morgan fingerprint density at radius 2 is 1.88 bits per heavy atom. The number of fused-ring (bicyclic) bond motifs is 1. The third-order valence-electron chi connectivity index (χ3n) is 2.91. The van der Waals surface area contributed by atoms with E-state index in [0.29, 0.717) is 6.54 Å². The van der Waals surface area contributed by atoms with Gasteiger partial charge < -0.3 is 10.6 Å². The minimum atomic E-state index is 0.696. The Balaban J connectivity index is 2.44. The molecule has 0 fully saturated rings. The van der Waals surface area contributed by atoms with Crippen LogP contribution in [0.25, 0.3) is 10.8 Å². The van der Waals surface area contributed by atoms with Gasteiger partial charge in [0.2, 0.25) is 0 Å². The van der Waals surface area contributed by atoms with Crippen LogP contribution in [0.5, 0.6) is 0 Å². The molecule has 0 saturated heterocycles. The van der Waals surface area contributed by atoms with Crippen molar-refractivity contribution in [2.45, 2.75) is 13.3 Å². The van der Waals surface area contributed by atoms with E-state index in [4.69, 9.17) is 5.73 Å². The van der Waals surface area contributed by atoms with Gasteiger partial charge in [-0.2, -0.15) is 5.10 Å². The molecule has 0 bridgehead atoms. The lowest BCUT2D eigenvalue weighted by Gasteiger charge is -2.19. The van der Waals surface area contributed by atoms with E-state index in [1.165, 1.54) is 0 Å². The maximum Gasteiger partial charge on any atom is 0.158 e. The Labute approximate surface area is 101 Å². The molecule has 4 heteroatoms. The molecule has 0 saturated carbocycles. The second-order valence-electron chi connectivity index (χ2n) is 4.22. The second kappa shape index (κ2) is 5.10. The lowest BCUT2D eigenvalue weighted by molar-refractivity contribution is 0.780. The molecule has 0 radical (unpaired) electrons. The van der Waals surface area contributed by atoms with Gasteiger partial charge in [-0.05, 0) is 19.9 Å². The molecule has 0 aliphatic heterocycles. The van der Waals surface area contributed by atoms with Gasteiger partial charge in [-0.25, -0.2) is 0 Å². The number of nitrogens with two attached hydrogens (primary N) is 1. The third kappa shape index (κ3) is 2.36. The molecule has 2 rings (SSSR count). The number of hydrogen-bond acceptors (Lipinski definition) is 4. The molecule has 2 N–H and O–H groups in total. The van der Waals surface area contributed by atoms with Crippen molar-refractivity contribution in [3.8, 4) is 0 Å². The van der Waals surface area contributed by atoms with E-state index in [2.05, 4.69) is 27.2 Å². The molecule has 1 heterocycles. The summed E-state index contributed by atoms with van der Waals surface area (Å²) in [5.41, 5.74) is 6.50. The van der Waals surface area contributed by atoms with Crippen LogP contribution in [0.15, 0.2) is 24.3 Å².